The van der Waals surface area contributed by atoms with Crippen LogP contribution in [0.3, 0.4) is 0 Å². The van der Waals surface area contributed by atoms with Crippen LogP contribution in [0, 0.1) is 36.0 Å². The molecule has 8 heteroatoms. The fourth-order valence-electron chi connectivity index (χ4n) is 8.44. The highest BCUT2D eigenvalue weighted by atomic mass is 35.5. The summed E-state index contributed by atoms with van der Waals surface area (Å²) >= 11 is 6.50. The van der Waals surface area contributed by atoms with Crippen LogP contribution >= 0.6 is 11.6 Å². The Labute approximate surface area is 264 Å². The number of aryl methyl sites for hydroxylation is 1. The van der Waals surface area contributed by atoms with E-state index in [4.69, 9.17) is 21.3 Å². The van der Waals surface area contributed by atoms with Crippen molar-refractivity contribution in [2.75, 3.05) is 27.2 Å². The van der Waals surface area contributed by atoms with Crippen molar-refractivity contribution in [1.29, 1.82) is 0 Å². The zero-order valence-corrected chi connectivity index (χ0v) is 26.4. The first-order valence-corrected chi connectivity index (χ1v) is 16.0. The number of nitrogens with zero attached hydrogens (tertiary/aromatic N) is 2. The van der Waals surface area contributed by atoms with Gasteiger partial charge in [0.05, 0.1) is 16.1 Å². The lowest BCUT2D eigenvalue weighted by Gasteiger charge is -2.59. The molecular formula is C36H41ClN2O5. The molecule has 1 atom stereocenters. The summed E-state index contributed by atoms with van der Waals surface area (Å²) in [4.78, 5) is 33.8. The number of aliphatic hydroxyl groups is 1. The summed E-state index contributed by atoms with van der Waals surface area (Å²) in [6, 6.07) is 17.0. The second-order valence-electron chi connectivity index (χ2n) is 13.5. The standard InChI is InChI=1S/C36H41ClN2O5/c1-21-6-4-5-7-28(21)29-9-11-31(32(41)18-36(35(42)43)25-13-22-12-23(15-25)16-26(36)14-22)38-34(29)24-8-10-30(37)33(17-24)44-20-27(40)19-39(2)3/h4-11,17,22-23,25-27,40H,12-16,18-20H2,1-3H3,(H,42,43)/t22?,23?,25?,26?,27-,36?/m1/s1. The lowest BCUT2D eigenvalue weighted by Crippen LogP contribution is -2.57. The molecule has 1 aromatic heterocycles. The number of ketones is 1. The molecule has 3 aromatic rings. The maximum atomic E-state index is 14.0. The minimum Gasteiger partial charge on any atom is -0.489 e. The Morgan fingerprint density at radius 1 is 1.00 bits per heavy atom. The van der Waals surface area contributed by atoms with E-state index in [1.54, 1.807) is 18.2 Å². The first kappa shape index (κ1) is 30.8. The summed E-state index contributed by atoms with van der Waals surface area (Å²) in [7, 11) is 3.76. The van der Waals surface area contributed by atoms with Gasteiger partial charge in [0, 0.05) is 24.1 Å². The summed E-state index contributed by atoms with van der Waals surface area (Å²) in [6.07, 6.45) is 4.14. The molecule has 232 valence electrons. The number of benzene rings is 2. The van der Waals surface area contributed by atoms with Crippen LogP contribution in [-0.4, -0.2) is 65.2 Å². The molecule has 4 saturated carbocycles. The number of hydrogen-bond acceptors (Lipinski definition) is 6. The van der Waals surface area contributed by atoms with Gasteiger partial charge in [0.1, 0.15) is 24.2 Å². The first-order valence-electron chi connectivity index (χ1n) is 15.6. The number of aliphatic hydroxyl groups excluding tert-OH is 1. The second kappa shape index (κ2) is 12.3. The van der Waals surface area contributed by atoms with Crippen LogP contribution in [-0.2, 0) is 4.79 Å². The van der Waals surface area contributed by atoms with Crippen molar-refractivity contribution in [3.05, 3.63) is 70.9 Å². The molecule has 0 amide bonds. The molecule has 4 fully saturated rings. The van der Waals surface area contributed by atoms with E-state index in [0.29, 0.717) is 40.4 Å². The van der Waals surface area contributed by atoms with E-state index in [-0.39, 0.29) is 36.3 Å². The zero-order valence-electron chi connectivity index (χ0n) is 25.6. The normalized spacial score (nSPS) is 26.1. The van der Waals surface area contributed by atoms with Gasteiger partial charge in [0.15, 0.2) is 5.78 Å². The SMILES string of the molecule is Cc1ccccc1-c1ccc(C(=O)CC2(C(=O)O)C3CC4CC(C3)CC2C4)nc1-c1ccc(Cl)c(OC[C@H](O)CN(C)C)c1. The molecule has 0 unspecified atom stereocenters. The van der Waals surface area contributed by atoms with Crippen LogP contribution in [0.25, 0.3) is 22.4 Å². The molecule has 4 bridgehead atoms. The number of hydrogen-bond donors (Lipinski definition) is 2. The van der Waals surface area contributed by atoms with E-state index in [2.05, 4.69) is 0 Å². The Hall–Kier alpha value is -3.26. The highest BCUT2D eigenvalue weighted by molar-refractivity contribution is 6.32. The zero-order chi connectivity index (χ0) is 31.2. The summed E-state index contributed by atoms with van der Waals surface area (Å²) in [5, 5.41) is 21.4. The number of likely N-dealkylation sites (N-methyl/N-ethyl adjacent to an activating group) is 1. The van der Waals surface area contributed by atoms with E-state index in [0.717, 1.165) is 42.4 Å². The molecule has 0 aliphatic heterocycles. The van der Waals surface area contributed by atoms with E-state index in [1.165, 1.54) is 6.42 Å². The lowest BCUT2D eigenvalue weighted by atomic mass is 9.44. The molecule has 0 saturated heterocycles. The van der Waals surface area contributed by atoms with Gasteiger partial charge in [-0.05, 0) is 112 Å². The summed E-state index contributed by atoms with van der Waals surface area (Å²) in [5.41, 5.74) is 3.45. The van der Waals surface area contributed by atoms with Crippen LogP contribution < -0.4 is 4.74 Å². The van der Waals surface area contributed by atoms with Gasteiger partial charge < -0.3 is 19.8 Å². The number of pyridine rings is 1. The Morgan fingerprint density at radius 2 is 1.68 bits per heavy atom. The third kappa shape index (κ3) is 5.78. The van der Waals surface area contributed by atoms with Gasteiger partial charge in [0.25, 0.3) is 0 Å². The maximum absolute atomic E-state index is 14.0. The second-order valence-corrected chi connectivity index (χ2v) is 13.9. The predicted molar refractivity (Wildman–Crippen MR) is 171 cm³/mol. The quantitative estimate of drug-likeness (QED) is 0.229. The van der Waals surface area contributed by atoms with Crippen LogP contribution in [0.5, 0.6) is 5.75 Å². The first-order chi connectivity index (χ1) is 21.0. The van der Waals surface area contributed by atoms with Crippen molar-refractivity contribution < 1.29 is 24.5 Å². The van der Waals surface area contributed by atoms with E-state index < -0.39 is 17.5 Å². The minimum absolute atomic E-state index is 0.0218. The van der Waals surface area contributed by atoms with Crippen molar-refractivity contribution in [2.24, 2.45) is 29.1 Å². The number of aliphatic carboxylic acids is 1. The van der Waals surface area contributed by atoms with E-state index >= 15 is 0 Å². The van der Waals surface area contributed by atoms with Gasteiger partial charge in [-0.15, -0.1) is 0 Å². The molecule has 0 radical (unpaired) electrons. The molecule has 4 aliphatic carbocycles. The van der Waals surface area contributed by atoms with E-state index in [9.17, 15) is 19.8 Å². The van der Waals surface area contributed by atoms with Crippen molar-refractivity contribution in [3.8, 4) is 28.1 Å². The van der Waals surface area contributed by atoms with Gasteiger partial charge in [-0.25, -0.2) is 4.98 Å². The summed E-state index contributed by atoms with van der Waals surface area (Å²) in [6.45, 7) is 2.55. The number of rotatable bonds is 11. The number of Topliss-reactive ketones (excluding diaryl/α,β-unsaturated/α-hetero) is 1. The van der Waals surface area contributed by atoms with Crippen LogP contribution in [0.1, 0.15) is 54.6 Å². The van der Waals surface area contributed by atoms with Gasteiger partial charge >= 0.3 is 5.97 Å². The average molecular weight is 617 g/mol. The third-order valence-corrected chi connectivity index (χ3v) is 10.6. The fraction of sp³-hybridized carbons (Fsp3) is 0.472. The third-order valence-electron chi connectivity index (χ3n) is 10.3. The molecule has 7 nitrogen and oxygen atoms in total. The maximum Gasteiger partial charge on any atom is 0.310 e. The Morgan fingerprint density at radius 3 is 2.32 bits per heavy atom. The average Bonchev–Trinajstić information content (AvgIpc) is 2.98. The fourth-order valence-corrected chi connectivity index (χ4v) is 8.62. The monoisotopic (exact) mass is 616 g/mol. The van der Waals surface area contributed by atoms with Crippen LogP contribution in [0.4, 0.5) is 0 Å². The molecular weight excluding hydrogens is 576 g/mol. The molecule has 1 heterocycles. The number of aromatic nitrogens is 1. The Bertz CT molecular complexity index is 1540. The van der Waals surface area contributed by atoms with Gasteiger partial charge in [-0.3, -0.25) is 9.59 Å². The molecule has 7 rings (SSSR count). The molecule has 0 spiro atoms. The lowest BCUT2D eigenvalue weighted by molar-refractivity contribution is -0.177. The summed E-state index contributed by atoms with van der Waals surface area (Å²) < 4.78 is 5.93. The number of carboxylic acid groups (broad SMARTS) is 1. The number of carbonyl (C=O) groups excluding carboxylic acids is 1. The molecule has 2 N–H and O–H groups in total. The number of ether oxygens (including phenoxy) is 1. The van der Waals surface area contributed by atoms with Crippen molar-refractivity contribution >= 4 is 23.4 Å². The Balaban J connectivity index is 1.36. The van der Waals surface area contributed by atoms with Crippen LogP contribution in [0.2, 0.25) is 5.02 Å². The molecule has 2 aromatic carbocycles. The van der Waals surface area contributed by atoms with Gasteiger partial charge in [-0.1, -0.05) is 41.9 Å². The van der Waals surface area contributed by atoms with Gasteiger partial charge in [-0.2, -0.15) is 0 Å². The highest BCUT2D eigenvalue weighted by Crippen LogP contribution is 2.63. The topological polar surface area (TPSA) is 100.0 Å². The Kier molecular flexibility index (Phi) is 8.57. The van der Waals surface area contributed by atoms with Gasteiger partial charge in [0.2, 0.25) is 0 Å². The van der Waals surface area contributed by atoms with E-state index in [1.807, 2.05) is 62.3 Å². The van der Waals surface area contributed by atoms with Crippen molar-refractivity contribution in [1.82, 2.24) is 9.88 Å². The smallest absolute Gasteiger partial charge is 0.310 e. The molecule has 44 heavy (non-hydrogen) atoms. The summed E-state index contributed by atoms with van der Waals surface area (Å²) in [5.74, 6) is 0.651. The predicted octanol–water partition coefficient (Wildman–Crippen LogP) is 6.78. The minimum atomic E-state index is -1.02. The number of carbonyl (C=O) groups is 2. The van der Waals surface area contributed by atoms with Crippen LogP contribution in [0.15, 0.2) is 54.6 Å². The van der Waals surface area contributed by atoms with Crippen molar-refractivity contribution in [3.63, 3.8) is 0 Å². The number of halogens is 1. The highest BCUT2D eigenvalue weighted by Gasteiger charge is 2.61. The largest absolute Gasteiger partial charge is 0.489 e. The molecule has 4 aliphatic rings. The number of carboxylic acids is 1. The van der Waals surface area contributed by atoms with Crippen molar-refractivity contribution in [2.45, 2.75) is 51.6 Å².